The lowest BCUT2D eigenvalue weighted by Crippen LogP contribution is -2.53. The van der Waals surface area contributed by atoms with Gasteiger partial charge in [0.15, 0.2) is 0 Å². The van der Waals surface area contributed by atoms with E-state index in [4.69, 9.17) is 5.11 Å². The van der Waals surface area contributed by atoms with Crippen molar-refractivity contribution in [1.29, 1.82) is 0 Å². The number of β-amino-alcohol motifs (C(OH)–C–C–N with tert-alkyl or cyclic N) is 1. The molecule has 24 heavy (non-hydrogen) atoms. The minimum absolute atomic E-state index is 0.107. The van der Waals surface area contributed by atoms with Crippen LogP contribution in [0.3, 0.4) is 0 Å². The Balaban J connectivity index is 1.74. The topological polar surface area (TPSA) is 64.1 Å². The molecule has 2 aliphatic rings. The first-order chi connectivity index (χ1) is 11.5. The molecule has 1 N–H and O–H groups in total. The van der Waals surface area contributed by atoms with E-state index in [0.29, 0.717) is 12.2 Å². The molecule has 3 rings (SSSR count). The predicted octanol–water partition coefficient (Wildman–Crippen LogP) is 0.545. The second-order valence-corrected chi connectivity index (χ2v) is 6.61. The van der Waals surface area contributed by atoms with Crippen LogP contribution in [0.2, 0.25) is 0 Å². The average Bonchev–Trinajstić information content (AvgIpc) is 2.86. The van der Waals surface area contributed by atoms with E-state index >= 15 is 0 Å². The molecule has 0 aromatic heterocycles. The van der Waals surface area contributed by atoms with Crippen molar-refractivity contribution in [3.05, 3.63) is 29.3 Å². The predicted molar refractivity (Wildman–Crippen MR) is 91.9 cm³/mol. The first-order valence-electron chi connectivity index (χ1n) is 8.53. The van der Waals surface area contributed by atoms with Gasteiger partial charge < -0.3 is 5.11 Å². The number of rotatable bonds is 4. The van der Waals surface area contributed by atoms with Gasteiger partial charge in [-0.1, -0.05) is 12.1 Å². The molecule has 0 spiro atoms. The van der Waals surface area contributed by atoms with Crippen LogP contribution in [0.4, 0.5) is 5.69 Å². The molecule has 1 aromatic carbocycles. The summed E-state index contributed by atoms with van der Waals surface area (Å²) in [4.78, 5) is 31.1. The summed E-state index contributed by atoms with van der Waals surface area (Å²) in [6.07, 6.45) is 0.256. The Bertz CT molecular complexity index is 638. The molecule has 6 nitrogen and oxygen atoms in total. The molecule has 2 fully saturated rings. The quantitative estimate of drug-likeness (QED) is 0.816. The van der Waals surface area contributed by atoms with Gasteiger partial charge in [0.05, 0.1) is 24.8 Å². The summed E-state index contributed by atoms with van der Waals surface area (Å²) in [5, 5.41) is 9.02. The van der Waals surface area contributed by atoms with E-state index in [-0.39, 0.29) is 30.9 Å². The Morgan fingerprint density at radius 1 is 1.12 bits per heavy atom. The van der Waals surface area contributed by atoms with Crippen molar-refractivity contribution in [3.8, 4) is 0 Å². The van der Waals surface area contributed by atoms with E-state index in [0.717, 1.165) is 37.3 Å². The summed E-state index contributed by atoms with van der Waals surface area (Å²) >= 11 is 0. The van der Waals surface area contributed by atoms with Crippen molar-refractivity contribution in [3.63, 3.8) is 0 Å². The number of amides is 2. The number of nitrogens with zero attached hydrogens (tertiary/aromatic N) is 3. The van der Waals surface area contributed by atoms with Crippen LogP contribution in [0.15, 0.2) is 18.2 Å². The molecule has 2 amide bonds. The third kappa shape index (κ3) is 3.09. The van der Waals surface area contributed by atoms with Crippen LogP contribution in [-0.2, 0) is 9.59 Å². The van der Waals surface area contributed by atoms with Crippen LogP contribution < -0.4 is 4.90 Å². The van der Waals surface area contributed by atoms with Crippen molar-refractivity contribution < 1.29 is 14.7 Å². The molecule has 1 atom stereocenters. The zero-order chi connectivity index (χ0) is 17.3. The number of benzene rings is 1. The van der Waals surface area contributed by atoms with E-state index in [2.05, 4.69) is 9.80 Å². The maximum atomic E-state index is 12.9. The van der Waals surface area contributed by atoms with Crippen LogP contribution in [0.25, 0.3) is 0 Å². The summed E-state index contributed by atoms with van der Waals surface area (Å²) in [5.41, 5.74) is 2.77. The summed E-state index contributed by atoms with van der Waals surface area (Å²) in [7, 11) is 0. The van der Waals surface area contributed by atoms with Gasteiger partial charge in [-0.05, 0) is 31.0 Å². The molecular formula is C18H25N3O3. The first-order valence-corrected chi connectivity index (χ1v) is 8.53. The molecule has 0 saturated carbocycles. The number of piperazine rings is 1. The van der Waals surface area contributed by atoms with Crippen molar-refractivity contribution in [2.24, 2.45) is 0 Å². The maximum Gasteiger partial charge on any atom is 0.251 e. The number of carbonyl (C=O) groups is 2. The Labute approximate surface area is 142 Å². The van der Waals surface area contributed by atoms with Crippen molar-refractivity contribution in [2.75, 3.05) is 44.2 Å². The van der Waals surface area contributed by atoms with Gasteiger partial charge in [0, 0.05) is 32.7 Å². The highest BCUT2D eigenvalue weighted by Gasteiger charge is 2.43. The summed E-state index contributed by atoms with van der Waals surface area (Å²) < 4.78 is 0. The zero-order valence-electron chi connectivity index (χ0n) is 14.4. The monoisotopic (exact) mass is 331 g/mol. The third-order valence-corrected chi connectivity index (χ3v) is 5.20. The summed E-state index contributed by atoms with van der Waals surface area (Å²) in [6, 6.07) is 5.37. The Hall–Kier alpha value is -1.76. The van der Waals surface area contributed by atoms with Crippen LogP contribution in [-0.4, -0.2) is 72.1 Å². The second-order valence-electron chi connectivity index (χ2n) is 6.61. The maximum absolute atomic E-state index is 12.9. The minimum atomic E-state index is -0.353. The summed E-state index contributed by atoms with van der Waals surface area (Å²) in [5.74, 6) is -0.221. The number of aliphatic hydroxyl groups excluding tert-OH is 1. The fourth-order valence-electron chi connectivity index (χ4n) is 3.57. The van der Waals surface area contributed by atoms with Gasteiger partial charge in [0.2, 0.25) is 5.91 Å². The van der Waals surface area contributed by atoms with E-state index < -0.39 is 0 Å². The number of aliphatic hydroxyl groups is 1. The lowest BCUT2D eigenvalue weighted by atomic mass is 10.1. The normalized spacial score (nSPS) is 23.3. The lowest BCUT2D eigenvalue weighted by molar-refractivity contribution is -0.123. The number of hydrogen-bond acceptors (Lipinski definition) is 5. The smallest absolute Gasteiger partial charge is 0.251 e. The lowest BCUT2D eigenvalue weighted by Gasteiger charge is -2.36. The Morgan fingerprint density at radius 3 is 2.50 bits per heavy atom. The van der Waals surface area contributed by atoms with Crippen molar-refractivity contribution in [1.82, 2.24) is 9.80 Å². The number of imide groups is 1. The molecule has 130 valence electrons. The fraction of sp³-hybridized carbons (Fsp3) is 0.556. The van der Waals surface area contributed by atoms with Gasteiger partial charge in [-0.3, -0.25) is 19.4 Å². The molecule has 0 radical (unpaired) electrons. The van der Waals surface area contributed by atoms with Crippen molar-refractivity contribution in [2.45, 2.75) is 26.3 Å². The first kappa shape index (κ1) is 17.1. The zero-order valence-corrected chi connectivity index (χ0v) is 14.4. The van der Waals surface area contributed by atoms with E-state index in [1.165, 1.54) is 4.90 Å². The number of aryl methyl sites for hydroxylation is 1. The average molecular weight is 331 g/mol. The Morgan fingerprint density at radius 2 is 1.83 bits per heavy atom. The Kier molecular flexibility index (Phi) is 4.99. The van der Waals surface area contributed by atoms with Gasteiger partial charge in [0.25, 0.3) is 5.91 Å². The van der Waals surface area contributed by atoms with Gasteiger partial charge in [-0.2, -0.15) is 0 Å². The number of carbonyl (C=O) groups excluding carboxylic acids is 2. The van der Waals surface area contributed by atoms with Gasteiger partial charge >= 0.3 is 0 Å². The molecule has 6 heteroatoms. The third-order valence-electron chi connectivity index (χ3n) is 5.20. The summed E-state index contributed by atoms with van der Waals surface area (Å²) in [6.45, 7) is 7.91. The number of anilines is 1. The van der Waals surface area contributed by atoms with Crippen molar-refractivity contribution >= 4 is 17.5 Å². The van der Waals surface area contributed by atoms with Gasteiger partial charge in [0.1, 0.15) is 0 Å². The van der Waals surface area contributed by atoms with Crippen LogP contribution in [0, 0.1) is 13.8 Å². The molecule has 1 aromatic rings. The molecule has 0 bridgehead atoms. The highest BCUT2D eigenvalue weighted by Crippen LogP contribution is 2.30. The minimum Gasteiger partial charge on any atom is -0.395 e. The molecule has 0 unspecified atom stereocenters. The second kappa shape index (κ2) is 7.01. The van der Waals surface area contributed by atoms with E-state index in [9.17, 15) is 9.59 Å². The molecule has 2 saturated heterocycles. The molecule has 2 aliphatic heterocycles. The van der Waals surface area contributed by atoms with Crippen LogP contribution in [0.5, 0.6) is 0 Å². The largest absolute Gasteiger partial charge is 0.395 e. The van der Waals surface area contributed by atoms with Gasteiger partial charge in [-0.15, -0.1) is 0 Å². The highest BCUT2D eigenvalue weighted by atomic mass is 16.3. The molecule has 0 aliphatic carbocycles. The van der Waals surface area contributed by atoms with E-state index in [1.807, 2.05) is 32.0 Å². The van der Waals surface area contributed by atoms with Crippen LogP contribution in [0.1, 0.15) is 17.5 Å². The van der Waals surface area contributed by atoms with Gasteiger partial charge in [-0.25, -0.2) is 4.90 Å². The fourth-order valence-corrected chi connectivity index (χ4v) is 3.57. The molecular weight excluding hydrogens is 306 g/mol. The van der Waals surface area contributed by atoms with Crippen LogP contribution >= 0.6 is 0 Å². The number of hydrogen-bond donors (Lipinski definition) is 1. The molecule has 2 heterocycles. The highest BCUT2D eigenvalue weighted by molar-refractivity contribution is 6.22. The van der Waals surface area contributed by atoms with E-state index in [1.54, 1.807) is 0 Å². The SMILES string of the molecule is Cc1cccc(N2C(=O)C[C@@H](N3CCN(CCO)CC3)C2=O)c1C. The standard InChI is InChI=1S/C18H25N3O3/c1-13-4-3-5-15(14(13)2)21-17(23)12-16(18(21)24)20-8-6-19(7-9-20)10-11-22/h3-5,16,22H,6-12H2,1-2H3/t16-/m1/s1.